The fourth-order valence-electron chi connectivity index (χ4n) is 2.88. The lowest BCUT2D eigenvalue weighted by Gasteiger charge is -2.14. The van der Waals surface area contributed by atoms with Gasteiger partial charge in [-0.3, -0.25) is 4.79 Å². The second-order valence-electron chi connectivity index (χ2n) is 5.62. The van der Waals surface area contributed by atoms with E-state index in [0.29, 0.717) is 34.1 Å². The first-order valence-electron chi connectivity index (χ1n) is 7.97. The lowest BCUT2D eigenvalue weighted by molar-refractivity contribution is 0.100. The highest BCUT2D eigenvalue weighted by atomic mass is 16.5. The molecule has 0 fully saturated rings. The molecular formula is C20H20N2O4. The van der Waals surface area contributed by atoms with E-state index in [0.717, 1.165) is 11.3 Å². The first kappa shape index (κ1) is 17.4. The zero-order valence-corrected chi connectivity index (χ0v) is 14.8. The van der Waals surface area contributed by atoms with Gasteiger partial charge in [0.15, 0.2) is 11.5 Å². The zero-order chi connectivity index (χ0) is 18.7. The molecule has 1 heterocycles. The van der Waals surface area contributed by atoms with Crippen LogP contribution in [0.3, 0.4) is 0 Å². The van der Waals surface area contributed by atoms with E-state index in [1.807, 2.05) is 30.3 Å². The van der Waals surface area contributed by atoms with Crippen molar-refractivity contribution in [1.82, 2.24) is 4.98 Å². The number of hydrogen-bond acceptors (Lipinski definition) is 4. The number of amides is 1. The normalized spacial score (nSPS) is 10.4. The Labute approximate surface area is 151 Å². The number of ether oxygens (including phenoxy) is 3. The lowest BCUT2D eigenvalue weighted by Crippen LogP contribution is -2.11. The summed E-state index contributed by atoms with van der Waals surface area (Å²) in [4.78, 5) is 15.3. The summed E-state index contributed by atoms with van der Waals surface area (Å²) in [6.45, 7) is 0. The smallest absolute Gasteiger partial charge is 0.250 e. The van der Waals surface area contributed by atoms with Gasteiger partial charge in [0.1, 0.15) is 0 Å². The minimum atomic E-state index is -0.521. The third-order valence-corrected chi connectivity index (χ3v) is 4.12. The van der Waals surface area contributed by atoms with E-state index in [4.69, 9.17) is 19.9 Å². The SMILES string of the molecule is COc1cc(-c2[nH]c(-c3ccccc3)cc2C(N)=O)cc(OC)c1OC. The molecule has 0 atom stereocenters. The van der Waals surface area contributed by atoms with Crippen molar-refractivity contribution in [1.29, 1.82) is 0 Å². The highest BCUT2D eigenvalue weighted by Crippen LogP contribution is 2.42. The molecule has 134 valence electrons. The Kier molecular flexibility index (Phi) is 4.84. The number of nitrogens with one attached hydrogen (secondary N) is 1. The largest absolute Gasteiger partial charge is 0.493 e. The van der Waals surface area contributed by atoms with Crippen LogP contribution in [0.2, 0.25) is 0 Å². The highest BCUT2D eigenvalue weighted by Gasteiger charge is 2.20. The molecular weight excluding hydrogens is 332 g/mol. The predicted octanol–water partition coefficient (Wildman–Crippen LogP) is 3.47. The van der Waals surface area contributed by atoms with Crippen LogP contribution in [0, 0.1) is 0 Å². The van der Waals surface area contributed by atoms with Crippen LogP contribution in [0.1, 0.15) is 10.4 Å². The Morgan fingerprint density at radius 3 is 2.00 bits per heavy atom. The van der Waals surface area contributed by atoms with E-state index in [1.54, 1.807) is 32.4 Å². The van der Waals surface area contributed by atoms with E-state index in [1.165, 1.54) is 7.11 Å². The van der Waals surface area contributed by atoms with Crippen LogP contribution in [0.15, 0.2) is 48.5 Å². The molecule has 0 saturated heterocycles. The van der Waals surface area contributed by atoms with Crippen LogP contribution < -0.4 is 19.9 Å². The van der Waals surface area contributed by atoms with Crippen molar-refractivity contribution in [3.8, 4) is 39.8 Å². The van der Waals surface area contributed by atoms with Gasteiger partial charge in [-0.15, -0.1) is 0 Å². The minimum absolute atomic E-state index is 0.387. The molecule has 6 nitrogen and oxygen atoms in total. The quantitative estimate of drug-likeness (QED) is 0.711. The summed E-state index contributed by atoms with van der Waals surface area (Å²) >= 11 is 0. The summed E-state index contributed by atoms with van der Waals surface area (Å²) in [5.41, 5.74) is 9.03. The van der Waals surface area contributed by atoms with E-state index in [2.05, 4.69) is 4.98 Å². The van der Waals surface area contributed by atoms with Gasteiger partial charge in [-0.05, 0) is 23.8 Å². The average molecular weight is 352 g/mol. The molecule has 3 aromatic rings. The number of carbonyl (C=O) groups is 1. The molecule has 2 aromatic carbocycles. The van der Waals surface area contributed by atoms with Crippen molar-refractivity contribution in [2.24, 2.45) is 5.73 Å². The van der Waals surface area contributed by atoms with Gasteiger partial charge in [0.2, 0.25) is 5.75 Å². The van der Waals surface area contributed by atoms with E-state index < -0.39 is 5.91 Å². The topological polar surface area (TPSA) is 86.6 Å². The Bertz CT molecular complexity index is 907. The van der Waals surface area contributed by atoms with E-state index in [-0.39, 0.29) is 0 Å². The molecule has 0 saturated carbocycles. The monoisotopic (exact) mass is 352 g/mol. The fourth-order valence-corrected chi connectivity index (χ4v) is 2.88. The van der Waals surface area contributed by atoms with Crippen molar-refractivity contribution >= 4 is 5.91 Å². The molecule has 0 unspecified atom stereocenters. The first-order valence-corrected chi connectivity index (χ1v) is 7.97. The van der Waals surface area contributed by atoms with Crippen molar-refractivity contribution in [3.05, 3.63) is 54.1 Å². The number of hydrogen-bond donors (Lipinski definition) is 2. The van der Waals surface area contributed by atoms with Crippen LogP contribution in [-0.4, -0.2) is 32.2 Å². The zero-order valence-electron chi connectivity index (χ0n) is 14.8. The van der Waals surface area contributed by atoms with E-state index in [9.17, 15) is 4.79 Å². The summed E-state index contributed by atoms with van der Waals surface area (Å²) in [5, 5.41) is 0. The number of aromatic nitrogens is 1. The molecule has 26 heavy (non-hydrogen) atoms. The summed E-state index contributed by atoms with van der Waals surface area (Å²) < 4.78 is 16.1. The van der Waals surface area contributed by atoms with Gasteiger partial charge >= 0.3 is 0 Å². The summed E-state index contributed by atoms with van der Waals surface area (Å²) in [6, 6.07) is 15.0. The average Bonchev–Trinajstić information content (AvgIpc) is 3.13. The maximum absolute atomic E-state index is 12.0. The number of carbonyl (C=O) groups excluding carboxylic acids is 1. The maximum Gasteiger partial charge on any atom is 0.250 e. The van der Waals surface area contributed by atoms with Gasteiger partial charge in [0.05, 0.1) is 32.6 Å². The van der Waals surface area contributed by atoms with E-state index >= 15 is 0 Å². The third-order valence-electron chi connectivity index (χ3n) is 4.12. The standard InChI is InChI=1S/C20H20N2O4/c1-24-16-9-13(10-17(25-2)19(16)26-3)18-14(20(21)23)11-15(22-18)12-7-5-4-6-8-12/h4-11,22H,1-3H3,(H2,21,23). The maximum atomic E-state index is 12.0. The first-order chi connectivity index (χ1) is 12.6. The Balaban J connectivity index is 2.20. The molecule has 6 heteroatoms. The predicted molar refractivity (Wildman–Crippen MR) is 99.8 cm³/mol. The molecule has 1 aromatic heterocycles. The third kappa shape index (κ3) is 3.09. The van der Waals surface area contributed by atoms with Crippen LogP contribution in [-0.2, 0) is 0 Å². The second kappa shape index (κ2) is 7.23. The molecule has 0 bridgehead atoms. The number of methoxy groups -OCH3 is 3. The van der Waals surface area contributed by atoms with Gasteiger partial charge < -0.3 is 24.9 Å². The summed E-state index contributed by atoms with van der Waals surface area (Å²) in [6.07, 6.45) is 0. The highest BCUT2D eigenvalue weighted by molar-refractivity contribution is 6.01. The van der Waals surface area contributed by atoms with Gasteiger partial charge in [0, 0.05) is 11.3 Å². The van der Waals surface area contributed by atoms with Crippen LogP contribution in [0.5, 0.6) is 17.2 Å². The van der Waals surface area contributed by atoms with Gasteiger partial charge in [-0.1, -0.05) is 30.3 Å². The van der Waals surface area contributed by atoms with Crippen molar-refractivity contribution in [3.63, 3.8) is 0 Å². The lowest BCUT2D eigenvalue weighted by atomic mass is 10.1. The Morgan fingerprint density at radius 1 is 0.885 bits per heavy atom. The number of H-pyrrole nitrogens is 1. The number of primary amides is 1. The molecule has 0 aliphatic heterocycles. The Hall–Kier alpha value is -3.41. The number of rotatable bonds is 6. The molecule has 3 N–H and O–H groups in total. The molecule has 3 rings (SSSR count). The second-order valence-corrected chi connectivity index (χ2v) is 5.62. The van der Waals surface area contributed by atoms with Gasteiger partial charge in [0.25, 0.3) is 5.91 Å². The molecule has 0 radical (unpaired) electrons. The van der Waals surface area contributed by atoms with Crippen molar-refractivity contribution in [2.75, 3.05) is 21.3 Å². The van der Waals surface area contributed by atoms with Gasteiger partial charge in [-0.25, -0.2) is 0 Å². The van der Waals surface area contributed by atoms with Crippen LogP contribution in [0.4, 0.5) is 0 Å². The number of benzene rings is 2. The molecule has 0 spiro atoms. The molecule has 1 amide bonds. The number of aromatic amines is 1. The molecule has 0 aliphatic carbocycles. The Morgan fingerprint density at radius 2 is 1.50 bits per heavy atom. The summed E-state index contributed by atoms with van der Waals surface area (Å²) in [7, 11) is 4.62. The summed E-state index contributed by atoms with van der Waals surface area (Å²) in [5.74, 6) is 0.947. The van der Waals surface area contributed by atoms with Crippen LogP contribution >= 0.6 is 0 Å². The number of nitrogens with two attached hydrogens (primary N) is 1. The fraction of sp³-hybridized carbons (Fsp3) is 0.150. The van der Waals surface area contributed by atoms with Crippen molar-refractivity contribution < 1.29 is 19.0 Å². The molecule has 0 aliphatic rings. The van der Waals surface area contributed by atoms with Crippen LogP contribution in [0.25, 0.3) is 22.5 Å². The minimum Gasteiger partial charge on any atom is -0.493 e. The van der Waals surface area contributed by atoms with Crippen molar-refractivity contribution in [2.45, 2.75) is 0 Å². The van der Waals surface area contributed by atoms with Gasteiger partial charge in [-0.2, -0.15) is 0 Å².